The molecule has 0 aromatic rings. The molecule has 0 saturated carbocycles. The quantitative estimate of drug-likeness (QED) is 0.419. The van der Waals surface area contributed by atoms with Gasteiger partial charge >= 0.3 is 37.7 Å². The monoisotopic (exact) mass is 215 g/mol. The van der Waals surface area contributed by atoms with Crippen LogP contribution >= 0.6 is 0 Å². The molecule has 0 nitrogen and oxygen atoms in total. The van der Waals surface area contributed by atoms with Crippen LogP contribution < -0.4 is 37.7 Å². The van der Waals surface area contributed by atoms with Crippen LogP contribution in [0.3, 0.4) is 0 Å². The Morgan fingerprint density at radius 1 is 0.400 bits per heavy atom. The smallest absolute Gasteiger partial charge is 0.358 e. The van der Waals surface area contributed by atoms with Gasteiger partial charge in [0.2, 0.25) is 0 Å². The van der Waals surface area contributed by atoms with Crippen LogP contribution in [0.5, 0.6) is 0 Å². The third kappa shape index (κ3) is 1850. The van der Waals surface area contributed by atoms with Crippen molar-refractivity contribution in [1.82, 2.24) is 0 Å². The maximum Gasteiger partial charge on any atom is 1.00 e. The molecule has 0 bridgehead atoms. The minimum atomic E-state index is 0. The first-order chi connectivity index (χ1) is 1.00. The van der Waals surface area contributed by atoms with E-state index in [1.807, 2.05) is 0 Å². The summed E-state index contributed by atoms with van der Waals surface area (Å²) in [6, 6.07) is 0. The zero-order valence-corrected chi connectivity index (χ0v) is 7.71. The molecule has 0 saturated heterocycles. The maximum absolute atomic E-state index is 3.25. The van der Waals surface area contributed by atoms with Crippen molar-refractivity contribution in [2.24, 2.45) is 0 Å². The van der Waals surface area contributed by atoms with Crippen LogP contribution in [0, 0.1) is 36.6 Å². The number of rotatable bonds is 0. The van der Waals surface area contributed by atoms with Gasteiger partial charge in [-0.15, -0.1) is 0 Å². The molecule has 0 radical (unpaired) electrons. The van der Waals surface area contributed by atoms with Crippen LogP contribution in [-0.2, 0) is 0 Å². The van der Waals surface area contributed by atoms with Gasteiger partial charge in [-0.25, -0.2) is 0 Å². The normalized spacial score (nSPS) is 0.400. The van der Waals surface area contributed by atoms with Crippen molar-refractivity contribution >= 4 is 0 Å². The summed E-state index contributed by atoms with van der Waals surface area (Å²) in [4.78, 5) is 0. The number of hydrogen-bond acceptors (Lipinski definition) is 0. The Balaban J connectivity index is -0.0000000000641. The van der Waals surface area contributed by atoms with E-state index in [1.165, 1.54) is 0 Å². The molecule has 0 rings (SSSR count). The van der Waals surface area contributed by atoms with Gasteiger partial charge in [-0.1, -0.05) is 52.0 Å². The summed E-state index contributed by atoms with van der Waals surface area (Å²) < 4.78 is 0. The van der Waals surface area contributed by atoms with Crippen LogP contribution in [0.15, 0.2) is 0 Å². The molecule has 0 aliphatic heterocycles. The van der Waals surface area contributed by atoms with Gasteiger partial charge in [-0.05, 0) is 0 Å². The van der Waals surface area contributed by atoms with Crippen molar-refractivity contribution in [3.63, 3.8) is 0 Å². The summed E-state index contributed by atoms with van der Waals surface area (Å²) >= 11 is 0. The molecule has 0 amide bonds. The molecule has 0 unspecified atom stereocenters. The third-order valence-corrected chi connectivity index (χ3v) is 0. The molecule has 0 aliphatic rings. The van der Waals surface area contributed by atoms with Crippen LogP contribution in [0.2, 0.25) is 0 Å². The fraction of sp³-hybridized carbons (Fsp3) is 0.615. The summed E-state index contributed by atoms with van der Waals surface area (Å²) in [5.41, 5.74) is 0. The van der Waals surface area contributed by atoms with Gasteiger partial charge in [-0.2, -0.15) is 6.92 Å². The standard InChI is InChI=1S/C2H5.7CH4.4CH3.2Li/c1-2;;;;;;;;;;;;;/h1H2,2H3;7*1H4;4*1H3;;/q-1;;;;;;;;4*-1;2*+1. The molecule has 0 aromatic heterocycles. The van der Waals surface area contributed by atoms with Crippen LogP contribution in [0.25, 0.3) is 0 Å². The SMILES string of the molecule is C.C.C.C.C.C.C.[CH2-]C.[CH3-].[CH3-].[CH3-].[CH3-].[Li+].[Li+]. The number of hydrogen-bond donors (Lipinski definition) is 0. The second kappa shape index (κ2) is 2140. The van der Waals surface area contributed by atoms with E-state index in [0.717, 1.165) is 0 Å². The Morgan fingerprint density at radius 2 is 0.400 bits per heavy atom. The minimum absolute atomic E-state index is 0. The van der Waals surface area contributed by atoms with Gasteiger partial charge in [-0.3, -0.25) is 0 Å². The first-order valence-electron chi connectivity index (χ1n) is 0.707. The predicted molar refractivity (Wildman–Crippen MR) is 83.8 cm³/mol. The second-order valence-corrected chi connectivity index (χ2v) is 0. The zero-order valence-electron chi connectivity index (χ0n) is 7.71. The Labute approximate surface area is 133 Å². The minimum Gasteiger partial charge on any atom is -0.358 e. The molecule has 0 N–H and O–H groups in total. The zero-order chi connectivity index (χ0) is 2.00. The summed E-state index contributed by atoms with van der Waals surface area (Å²) in [5.74, 6) is 0. The molecule has 0 atom stereocenters. The largest absolute Gasteiger partial charge is 1.00 e. The van der Waals surface area contributed by atoms with Gasteiger partial charge in [0.1, 0.15) is 0 Å². The summed E-state index contributed by atoms with van der Waals surface area (Å²) in [6.07, 6.45) is 0. The molecule has 0 spiro atoms. The van der Waals surface area contributed by atoms with Crippen molar-refractivity contribution in [1.29, 1.82) is 0 Å². The van der Waals surface area contributed by atoms with Crippen molar-refractivity contribution in [3.05, 3.63) is 36.6 Å². The van der Waals surface area contributed by atoms with Crippen molar-refractivity contribution in [2.45, 2.75) is 58.9 Å². The average molecular weight is 215 g/mol. The molecule has 102 valence electrons. The first-order valence-corrected chi connectivity index (χ1v) is 0.707. The van der Waals surface area contributed by atoms with E-state index in [0.29, 0.717) is 0 Å². The van der Waals surface area contributed by atoms with E-state index in [9.17, 15) is 0 Å². The predicted octanol–water partition coefficient (Wildman–Crippen LogP) is 1.10. The first kappa shape index (κ1) is 776. The summed E-state index contributed by atoms with van der Waals surface area (Å²) in [6.45, 7) is 5.00. The van der Waals surface area contributed by atoms with Gasteiger partial charge in [0, 0.05) is 0 Å². The van der Waals surface area contributed by atoms with Crippen LogP contribution in [-0.4, -0.2) is 0 Å². The Bertz CT molecular complexity index is 8.50. The maximum atomic E-state index is 3.25. The fourth-order valence-corrected chi connectivity index (χ4v) is 0. The summed E-state index contributed by atoms with van der Waals surface area (Å²) in [5, 5.41) is 0. The molecular weight excluding hydrogens is 170 g/mol. The molecule has 15 heavy (non-hydrogen) atoms. The molecule has 0 aromatic carbocycles. The van der Waals surface area contributed by atoms with Gasteiger partial charge in [0.05, 0.1) is 0 Å². The molecular formula is C13H45Li2-3. The molecule has 0 heterocycles. The Morgan fingerprint density at radius 3 is 0.400 bits per heavy atom. The van der Waals surface area contributed by atoms with E-state index < -0.39 is 0 Å². The van der Waals surface area contributed by atoms with Gasteiger partial charge in [0.15, 0.2) is 0 Å². The summed E-state index contributed by atoms with van der Waals surface area (Å²) in [7, 11) is 0. The molecule has 0 aliphatic carbocycles. The van der Waals surface area contributed by atoms with Crippen LogP contribution in [0.1, 0.15) is 58.9 Å². The second-order valence-electron chi connectivity index (χ2n) is 0. The van der Waals surface area contributed by atoms with Gasteiger partial charge < -0.3 is 36.6 Å². The van der Waals surface area contributed by atoms with E-state index in [1.54, 1.807) is 6.92 Å². The van der Waals surface area contributed by atoms with E-state index in [-0.39, 0.29) is 119 Å². The van der Waals surface area contributed by atoms with Crippen molar-refractivity contribution in [2.75, 3.05) is 0 Å². The Kier molecular flexibility index (Phi) is 111000. The average Bonchev–Trinajstić information content (AvgIpc) is 1.00. The molecule has 0 fully saturated rings. The van der Waals surface area contributed by atoms with E-state index in [2.05, 4.69) is 6.92 Å². The van der Waals surface area contributed by atoms with Crippen molar-refractivity contribution < 1.29 is 37.7 Å². The van der Waals surface area contributed by atoms with Gasteiger partial charge in [0.25, 0.3) is 0 Å². The molecule has 2 heteroatoms. The Hall–Kier alpha value is 1.19. The van der Waals surface area contributed by atoms with Crippen LogP contribution in [0.4, 0.5) is 0 Å². The fourth-order valence-electron chi connectivity index (χ4n) is 0. The van der Waals surface area contributed by atoms with E-state index >= 15 is 0 Å². The van der Waals surface area contributed by atoms with E-state index in [4.69, 9.17) is 0 Å². The topological polar surface area (TPSA) is 0 Å². The van der Waals surface area contributed by atoms with Crippen molar-refractivity contribution in [3.8, 4) is 0 Å². The third-order valence-electron chi connectivity index (χ3n) is 0.